The average Bonchev–Trinajstić information content (AvgIpc) is 2.14. The molecule has 0 aromatic carbocycles. The predicted molar refractivity (Wildman–Crippen MR) is 58.0 cm³/mol. The molecule has 1 atom stereocenters. The van der Waals surface area contributed by atoms with Gasteiger partial charge in [0.1, 0.15) is 0 Å². The van der Waals surface area contributed by atoms with Gasteiger partial charge in [-0.1, -0.05) is 13.0 Å². The molecule has 2 N–H and O–H groups in total. The highest BCUT2D eigenvalue weighted by atomic mass is 32.2. The van der Waals surface area contributed by atoms with E-state index in [1.807, 2.05) is 0 Å². The molecule has 0 fully saturated rings. The van der Waals surface area contributed by atoms with E-state index in [0.717, 1.165) is 0 Å². The predicted octanol–water partition coefficient (Wildman–Crippen LogP) is 0.593. The quantitative estimate of drug-likeness (QED) is 0.633. The number of nitrogens with one attached hydrogen (secondary N) is 1. The molecule has 0 rings (SSSR count). The van der Waals surface area contributed by atoms with Crippen LogP contribution in [0.4, 0.5) is 0 Å². The summed E-state index contributed by atoms with van der Waals surface area (Å²) in [7, 11) is -3.44. The van der Waals surface area contributed by atoms with Crippen LogP contribution in [-0.4, -0.2) is 31.8 Å². The Kier molecular flexibility index (Phi) is 4.96. The number of carboxylic acids is 1. The van der Waals surface area contributed by atoms with E-state index in [1.54, 1.807) is 6.92 Å². The zero-order chi connectivity index (χ0) is 12.1. The van der Waals surface area contributed by atoms with Crippen molar-refractivity contribution >= 4 is 16.0 Å². The van der Waals surface area contributed by atoms with Crippen molar-refractivity contribution in [1.82, 2.24) is 4.72 Å². The molecule has 0 saturated heterocycles. The van der Waals surface area contributed by atoms with Gasteiger partial charge in [-0.3, -0.25) is 4.79 Å². The maximum Gasteiger partial charge on any atom is 0.310 e. The number of aliphatic carboxylic acids is 1. The van der Waals surface area contributed by atoms with E-state index in [9.17, 15) is 13.2 Å². The number of sulfonamides is 1. The largest absolute Gasteiger partial charge is 0.481 e. The van der Waals surface area contributed by atoms with Crippen LogP contribution in [-0.2, 0) is 14.8 Å². The van der Waals surface area contributed by atoms with Gasteiger partial charge in [-0.15, -0.1) is 6.58 Å². The first kappa shape index (κ1) is 14.1. The van der Waals surface area contributed by atoms with Crippen LogP contribution in [0.1, 0.15) is 20.3 Å². The number of carbonyl (C=O) groups is 1. The summed E-state index contributed by atoms with van der Waals surface area (Å²) in [5.41, 5.74) is -1.06. The third-order valence-corrected chi connectivity index (χ3v) is 3.57. The van der Waals surface area contributed by atoms with Crippen molar-refractivity contribution in [3.8, 4) is 0 Å². The van der Waals surface area contributed by atoms with E-state index in [2.05, 4.69) is 11.3 Å². The molecule has 5 nitrogen and oxygen atoms in total. The first-order chi connectivity index (χ1) is 6.77. The summed E-state index contributed by atoms with van der Waals surface area (Å²) in [6.07, 6.45) is 1.62. The van der Waals surface area contributed by atoms with Gasteiger partial charge in [-0.2, -0.15) is 0 Å². The molecule has 0 aromatic rings. The average molecular weight is 235 g/mol. The van der Waals surface area contributed by atoms with E-state index in [1.165, 1.54) is 13.0 Å². The third kappa shape index (κ3) is 4.44. The second-order valence-corrected chi connectivity index (χ2v) is 5.46. The molecular formula is C9H17NO4S. The third-order valence-electron chi connectivity index (χ3n) is 2.32. The maximum atomic E-state index is 11.2. The molecule has 0 amide bonds. The van der Waals surface area contributed by atoms with Crippen LogP contribution in [0.15, 0.2) is 12.7 Å². The van der Waals surface area contributed by atoms with Gasteiger partial charge < -0.3 is 5.11 Å². The topological polar surface area (TPSA) is 83.5 Å². The summed E-state index contributed by atoms with van der Waals surface area (Å²) in [5.74, 6) is -1.21. The minimum atomic E-state index is -3.44. The summed E-state index contributed by atoms with van der Waals surface area (Å²) in [6.45, 7) is 6.42. The molecule has 0 radical (unpaired) electrons. The monoisotopic (exact) mass is 235 g/mol. The molecule has 0 aromatic heterocycles. The van der Waals surface area contributed by atoms with E-state index in [4.69, 9.17) is 5.11 Å². The number of hydrogen-bond acceptors (Lipinski definition) is 3. The molecule has 15 heavy (non-hydrogen) atoms. The standard InChI is InChI=1S/C9H17NO4S/c1-4-6-15(13,14)10-7-9(3,5-2)8(11)12/h4,10H,1,5-7H2,2-3H3,(H,11,12). The lowest BCUT2D eigenvalue weighted by atomic mass is 9.88. The van der Waals surface area contributed by atoms with Gasteiger partial charge in [0, 0.05) is 6.54 Å². The Balaban J connectivity index is 4.49. The lowest BCUT2D eigenvalue weighted by Crippen LogP contribution is -2.41. The number of carboxylic acid groups (broad SMARTS) is 1. The fraction of sp³-hybridized carbons (Fsp3) is 0.667. The molecule has 0 heterocycles. The molecule has 6 heteroatoms. The lowest BCUT2D eigenvalue weighted by molar-refractivity contribution is -0.147. The van der Waals surface area contributed by atoms with E-state index >= 15 is 0 Å². The van der Waals surface area contributed by atoms with Crippen molar-refractivity contribution in [2.45, 2.75) is 20.3 Å². The Hall–Kier alpha value is -0.880. The first-order valence-corrected chi connectivity index (χ1v) is 6.24. The maximum absolute atomic E-state index is 11.2. The van der Waals surface area contributed by atoms with Gasteiger partial charge in [-0.25, -0.2) is 13.1 Å². The van der Waals surface area contributed by atoms with Crippen molar-refractivity contribution in [1.29, 1.82) is 0 Å². The summed E-state index contributed by atoms with van der Waals surface area (Å²) in [6, 6.07) is 0. The van der Waals surface area contributed by atoms with E-state index < -0.39 is 21.4 Å². The second-order valence-electron chi connectivity index (χ2n) is 3.61. The first-order valence-electron chi connectivity index (χ1n) is 4.59. The lowest BCUT2D eigenvalue weighted by Gasteiger charge is -2.22. The van der Waals surface area contributed by atoms with Crippen molar-refractivity contribution in [2.24, 2.45) is 5.41 Å². The highest BCUT2D eigenvalue weighted by molar-refractivity contribution is 7.89. The molecular weight excluding hydrogens is 218 g/mol. The van der Waals surface area contributed by atoms with E-state index in [-0.39, 0.29) is 12.3 Å². The molecule has 0 saturated carbocycles. The summed E-state index contributed by atoms with van der Waals surface area (Å²) in [5, 5.41) is 8.90. The van der Waals surface area contributed by atoms with Crippen LogP contribution >= 0.6 is 0 Å². The van der Waals surface area contributed by atoms with Gasteiger partial charge in [-0.05, 0) is 13.3 Å². The Morgan fingerprint density at radius 3 is 2.47 bits per heavy atom. The van der Waals surface area contributed by atoms with Crippen LogP contribution in [0.25, 0.3) is 0 Å². The van der Waals surface area contributed by atoms with Gasteiger partial charge in [0.05, 0.1) is 11.2 Å². The molecule has 1 unspecified atom stereocenters. The van der Waals surface area contributed by atoms with Crippen LogP contribution in [0.3, 0.4) is 0 Å². The zero-order valence-corrected chi connectivity index (χ0v) is 9.80. The van der Waals surface area contributed by atoms with Crippen LogP contribution < -0.4 is 4.72 Å². The highest BCUT2D eigenvalue weighted by Gasteiger charge is 2.32. The highest BCUT2D eigenvalue weighted by Crippen LogP contribution is 2.20. The van der Waals surface area contributed by atoms with Gasteiger partial charge in [0.25, 0.3) is 0 Å². The van der Waals surface area contributed by atoms with Crippen molar-refractivity contribution in [3.05, 3.63) is 12.7 Å². The van der Waals surface area contributed by atoms with Crippen LogP contribution in [0.2, 0.25) is 0 Å². The summed E-state index contributed by atoms with van der Waals surface area (Å²) >= 11 is 0. The molecule has 0 spiro atoms. The Labute approximate surface area is 90.2 Å². The molecule has 88 valence electrons. The van der Waals surface area contributed by atoms with Crippen molar-refractivity contribution in [2.75, 3.05) is 12.3 Å². The van der Waals surface area contributed by atoms with Crippen molar-refractivity contribution < 1.29 is 18.3 Å². The Morgan fingerprint density at radius 1 is 1.60 bits per heavy atom. The van der Waals surface area contributed by atoms with Crippen LogP contribution in [0.5, 0.6) is 0 Å². The second kappa shape index (κ2) is 5.27. The number of rotatable bonds is 7. The van der Waals surface area contributed by atoms with E-state index in [0.29, 0.717) is 6.42 Å². The molecule has 0 aliphatic carbocycles. The Morgan fingerprint density at radius 2 is 2.13 bits per heavy atom. The van der Waals surface area contributed by atoms with Crippen LogP contribution in [0, 0.1) is 5.41 Å². The molecule has 0 aliphatic heterocycles. The zero-order valence-electron chi connectivity index (χ0n) is 8.99. The summed E-state index contributed by atoms with van der Waals surface area (Å²) in [4.78, 5) is 10.9. The fourth-order valence-corrected chi connectivity index (χ4v) is 1.80. The van der Waals surface area contributed by atoms with Crippen molar-refractivity contribution in [3.63, 3.8) is 0 Å². The SMILES string of the molecule is C=CCS(=O)(=O)NCC(C)(CC)C(=O)O. The smallest absolute Gasteiger partial charge is 0.310 e. The molecule has 0 aliphatic rings. The number of hydrogen-bond donors (Lipinski definition) is 2. The minimum Gasteiger partial charge on any atom is -0.481 e. The van der Waals surface area contributed by atoms with Gasteiger partial charge >= 0.3 is 5.97 Å². The minimum absolute atomic E-state index is 0.102. The fourth-order valence-electron chi connectivity index (χ4n) is 0.835. The Bertz CT molecular complexity index is 336. The van der Waals surface area contributed by atoms with Gasteiger partial charge in [0.2, 0.25) is 10.0 Å². The normalized spacial score (nSPS) is 15.6. The van der Waals surface area contributed by atoms with Gasteiger partial charge in [0.15, 0.2) is 0 Å². The molecule has 0 bridgehead atoms. The summed E-state index contributed by atoms with van der Waals surface area (Å²) < 4.78 is 24.7.